The first-order chi connectivity index (χ1) is 9.20. The SMILES string of the molecule is CCN(C[C@H]1CCCCO1)C(=O)c1c[nH]c(=O)cn1. The molecule has 1 fully saturated rings. The summed E-state index contributed by atoms with van der Waals surface area (Å²) in [5, 5.41) is 0. The molecule has 0 unspecified atom stereocenters. The first kappa shape index (κ1) is 13.7. The van der Waals surface area contributed by atoms with Crippen molar-refractivity contribution in [3.8, 4) is 0 Å². The molecular formula is C13H19N3O3. The van der Waals surface area contributed by atoms with E-state index in [2.05, 4.69) is 9.97 Å². The summed E-state index contributed by atoms with van der Waals surface area (Å²) in [7, 11) is 0. The molecule has 0 saturated carbocycles. The van der Waals surface area contributed by atoms with Gasteiger partial charge in [-0.25, -0.2) is 4.98 Å². The van der Waals surface area contributed by atoms with Gasteiger partial charge in [-0.3, -0.25) is 9.59 Å². The Morgan fingerprint density at radius 1 is 1.58 bits per heavy atom. The largest absolute Gasteiger partial charge is 0.376 e. The fourth-order valence-corrected chi connectivity index (χ4v) is 2.17. The number of ether oxygens (including phenoxy) is 1. The molecular weight excluding hydrogens is 246 g/mol. The van der Waals surface area contributed by atoms with Crippen molar-refractivity contribution in [3.05, 3.63) is 28.4 Å². The number of hydrogen-bond acceptors (Lipinski definition) is 4. The summed E-state index contributed by atoms with van der Waals surface area (Å²) in [5.41, 5.74) is -0.0486. The van der Waals surface area contributed by atoms with E-state index in [1.807, 2.05) is 6.92 Å². The van der Waals surface area contributed by atoms with Gasteiger partial charge in [0.05, 0.1) is 12.3 Å². The quantitative estimate of drug-likeness (QED) is 0.873. The van der Waals surface area contributed by atoms with Crippen LogP contribution in [0, 0.1) is 0 Å². The molecule has 6 nitrogen and oxygen atoms in total. The van der Waals surface area contributed by atoms with Crippen LogP contribution in [0.1, 0.15) is 36.7 Å². The van der Waals surface area contributed by atoms with Crippen molar-refractivity contribution in [1.82, 2.24) is 14.9 Å². The predicted octanol–water partition coefficient (Wildman–Crippen LogP) is 0.801. The Bertz CT molecular complexity index is 460. The van der Waals surface area contributed by atoms with E-state index in [0.29, 0.717) is 13.1 Å². The number of rotatable bonds is 4. The number of likely N-dealkylation sites (N-methyl/N-ethyl adjacent to an activating group) is 1. The lowest BCUT2D eigenvalue weighted by Gasteiger charge is -2.29. The number of carbonyl (C=O) groups excluding carboxylic acids is 1. The maximum atomic E-state index is 12.2. The molecule has 1 amide bonds. The summed E-state index contributed by atoms with van der Waals surface area (Å²) in [5.74, 6) is -0.173. The average Bonchev–Trinajstić information content (AvgIpc) is 2.46. The Morgan fingerprint density at radius 3 is 3.00 bits per heavy atom. The second-order valence-electron chi connectivity index (χ2n) is 4.63. The van der Waals surface area contributed by atoms with Crippen LogP contribution in [0.4, 0.5) is 0 Å². The second-order valence-corrected chi connectivity index (χ2v) is 4.63. The van der Waals surface area contributed by atoms with Crippen LogP contribution < -0.4 is 5.56 Å². The van der Waals surface area contributed by atoms with E-state index < -0.39 is 0 Å². The summed E-state index contributed by atoms with van der Waals surface area (Å²) in [6, 6.07) is 0. The molecule has 1 aliphatic rings. The van der Waals surface area contributed by atoms with Crippen molar-refractivity contribution in [1.29, 1.82) is 0 Å². The summed E-state index contributed by atoms with van der Waals surface area (Å²) < 4.78 is 5.64. The van der Waals surface area contributed by atoms with Gasteiger partial charge in [-0.05, 0) is 26.2 Å². The molecule has 6 heteroatoms. The number of carbonyl (C=O) groups is 1. The highest BCUT2D eigenvalue weighted by Gasteiger charge is 2.22. The molecule has 1 N–H and O–H groups in total. The zero-order valence-electron chi connectivity index (χ0n) is 11.1. The zero-order valence-corrected chi connectivity index (χ0v) is 11.1. The van der Waals surface area contributed by atoms with Crippen molar-refractivity contribution in [2.45, 2.75) is 32.3 Å². The number of aromatic nitrogens is 2. The number of aromatic amines is 1. The van der Waals surface area contributed by atoms with Gasteiger partial charge in [0.15, 0.2) is 0 Å². The monoisotopic (exact) mass is 265 g/mol. The standard InChI is InChI=1S/C13H19N3O3/c1-2-16(9-10-5-3-4-6-19-10)13(18)11-7-15-12(17)8-14-11/h7-8,10H,2-6,9H2,1H3,(H,15,17)/t10-/m1/s1. The highest BCUT2D eigenvalue weighted by molar-refractivity contribution is 5.91. The lowest BCUT2D eigenvalue weighted by molar-refractivity contribution is -0.00324. The number of H-pyrrole nitrogens is 1. The molecule has 104 valence electrons. The molecule has 19 heavy (non-hydrogen) atoms. The first-order valence-electron chi connectivity index (χ1n) is 6.66. The molecule has 0 aromatic carbocycles. The normalized spacial score (nSPS) is 19.1. The van der Waals surface area contributed by atoms with E-state index in [4.69, 9.17) is 4.74 Å². The maximum Gasteiger partial charge on any atom is 0.274 e. The third kappa shape index (κ3) is 3.64. The third-order valence-electron chi connectivity index (χ3n) is 3.26. The summed E-state index contributed by atoms with van der Waals surface area (Å²) >= 11 is 0. The molecule has 1 aromatic heterocycles. The molecule has 2 rings (SSSR count). The van der Waals surface area contributed by atoms with Crippen LogP contribution in [-0.2, 0) is 4.74 Å². The number of amides is 1. The van der Waals surface area contributed by atoms with Crippen LogP contribution in [0.15, 0.2) is 17.2 Å². The van der Waals surface area contributed by atoms with Gasteiger partial charge in [-0.1, -0.05) is 0 Å². The number of nitrogens with zero attached hydrogens (tertiary/aromatic N) is 2. The van der Waals surface area contributed by atoms with Gasteiger partial charge in [0.2, 0.25) is 0 Å². The van der Waals surface area contributed by atoms with E-state index in [9.17, 15) is 9.59 Å². The van der Waals surface area contributed by atoms with Gasteiger partial charge in [-0.2, -0.15) is 0 Å². The molecule has 1 saturated heterocycles. The summed E-state index contributed by atoms with van der Waals surface area (Å²) in [4.78, 5) is 31.2. The molecule has 0 radical (unpaired) electrons. The molecule has 0 aliphatic carbocycles. The van der Waals surface area contributed by atoms with E-state index in [1.54, 1.807) is 4.90 Å². The van der Waals surface area contributed by atoms with Crippen molar-refractivity contribution >= 4 is 5.91 Å². The lowest BCUT2D eigenvalue weighted by Crippen LogP contribution is -2.40. The van der Waals surface area contributed by atoms with Gasteiger partial charge >= 0.3 is 0 Å². The van der Waals surface area contributed by atoms with Crippen LogP contribution in [-0.4, -0.2) is 46.6 Å². The van der Waals surface area contributed by atoms with Gasteiger partial charge < -0.3 is 14.6 Å². The minimum atomic E-state index is -0.310. The third-order valence-corrected chi connectivity index (χ3v) is 3.26. The number of nitrogens with one attached hydrogen (secondary N) is 1. The summed E-state index contributed by atoms with van der Waals surface area (Å²) in [6.07, 6.45) is 5.82. The molecule has 1 aromatic rings. The first-order valence-corrected chi connectivity index (χ1v) is 6.66. The zero-order chi connectivity index (χ0) is 13.7. The highest BCUT2D eigenvalue weighted by Crippen LogP contribution is 2.14. The molecule has 0 spiro atoms. The molecule has 2 heterocycles. The van der Waals surface area contributed by atoms with E-state index in [1.165, 1.54) is 6.20 Å². The Hall–Kier alpha value is -1.69. The summed E-state index contributed by atoms with van der Waals surface area (Å²) in [6.45, 7) is 3.87. The van der Waals surface area contributed by atoms with Crippen LogP contribution in [0.25, 0.3) is 0 Å². The topological polar surface area (TPSA) is 75.3 Å². The van der Waals surface area contributed by atoms with Gasteiger partial charge in [-0.15, -0.1) is 0 Å². The smallest absolute Gasteiger partial charge is 0.274 e. The predicted molar refractivity (Wildman–Crippen MR) is 70.0 cm³/mol. The van der Waals surface area contributed by atoms with Crippen LogP contribution in [0.5, 0.6) is 0 Å². The average molecular weight is 265 g/mol. The molecule has 0 bridgehead atoms. The van der Waals surface area contributed by atoms with Crippen molar-refractivity contribution < 1.29 is 9.53 Å². The molecule has 1 atom stereocenters. The Balaban J connectivity index is 2.01. The molecule has 1 aliphatic heterocycles. The van der Waals surface area contributed by atoms with Crippen molar-refractivity contribution in [2.75, 3.05) is 19.7 Å². The highest BCUT2D eigenvalue weighted by atomic mass is 16.5. The van der Waals surface area contributed by atoms with E-state index >= 15 is 0 Å². The minimum absolute atomic E-state index is 0.111. The fraction of sp³-hybridized carbons (Fsp3) is 0.615. The van der Waals surface area contributed by atoms with E-state index in [0.717, 1.165) is 32.1 Å². The van der Waals surface area contributed by atoms with Crippen molar-refractivity contribution in [2.24, 2.45) is 0 Å². The second kappa shape index (κ2) is 6.47. The lowest BCUT2D eigenvalue weighted by atomic mass is 10.1. The maximum absolute atomic E-state index is 12.2. The van der Waals surface area contributed by atoms with Gasteiger partial charge in [0.25, 0.3) is 11.5 Å². The van der Waals surface area contributed by atoms with Crippen molar-refractivity contribution in [3.63, 3.8) is 0 Å². The van der Waals surface area contributed by atoms with Gasteiger partial charge in [0.1, 0.15) is 5.69 Å². The van der Waals surface area contributed by atoms with Crippen LogP contribution in [0.3, 0.4) is 0 Å². The van der Waals surface area contributed by atoms with Crippen LogP contribution >= 0.6 is 0 Å². The Labute approximate surface area is 111 Å². The van der Waals surface area contributed by atoms with E-state index in [-0.39, 0.29) is 23.3 Å². The minimum Gasteiger partial charge on any atom is -0.376 e. The Morgan fingerprint density at radius 2 is 2.42 bits per heavy atom. The Kier molecular flexibility index (Phi) is 4.68. The fourth-order valence-electron chi connectivity index (χ4n) is 2.17. The van der Waals surface area contributed by atoms with Crippen LogP contribution in [0.2, 0.25) is 0 Å². The number of hydrogen-bond donors (Lipinski definition) is 1. The van der Waals surface area contributed by atoms with Gasteiger partial charge in [0, 0.05) is 25.9 Å².